The fourth-order valence-electron chi connectivity index (χ4n) is 1.86. The van der Waals surface area contributed by atoms with Crippen LogP contribution in [0.3, 0.4) is 0 Å². The normalized spacial score (nSPS) is 11.0. The Morgan fingerprint density at radius 1 is 1.22 bits per heavy atom. The van der Waals surface area contributed by atoms with Crippen molar-refractivity contribution >= 4 is 17.0 Å². The summed E-state index contributed by atoms with van der Waals surface area (Å²) in [5, 5.41) is 0. The van der Waals surface area contributed by atoms with Crippen molar-refractivity contribution in [1.82, 2.24) is 19.9 Å². The fourth-order valence-corrected chi connectivity index (χ4v) is 1.86. The highest BCUT2D eigenvalue weighted by Crippen LogP contribution is 2.23. The molecule has 0 bridgehead atoms. The molecule has 2 heterocycles. The number of nitrogens with zero attached hydrogens (tertiary/aromatic N) is 3. The van der Waals surface area contributed by atoms with Crippen molar-refractivity contribution in [1.29, 1.82) is 0 Å². The first kappa shape index (κ1) is 10.6. The fraction of sp³-hybridized carbons (Fsp3) is 0.0833. The lowest BCUT2D eigenvalue weighted by Crippen LogP contribution is -1.91. The number of nitrogens with one attached hydrogen (secondary N) is 1. The predicted octanol–water partition coefficient (Wildman–Crippen LogP) is 2.05. The van der Waals surface area contributed by atoms with Crippen LogP contribution in [0.25, 0.3) is 22.6 Å². The SMILES string of the molecule is Cc1cc(F)cc(-c2nc3ncnc(N)c3[nH]2)c1. The maximum atomic E-state index is 13.4. The van der Waals surface area contributed by atoms with Crippen LogP contribution in [0.5, 0.6) is 0 Å². The van der Waals surface area contributed by atoms with Crippen LogP contribution < -0.4 is 5.73 Å². The van der Waals surface area contributed by atoms with E-state index in [1.54, 1.807) is 0 Å². The molecule has 3 aromatic rings. The van der Waals surface area contributed by atoms with Crippen LogP contribution in [-0.4, -0.2) is 19.9 Å². The largest absolute Gasteiger partial charge is 0.382 e. The van der Waals surface area contributed by atoms with E-state index in [4.69, 9.17) is 5.73 Å². The van der Waals surface area contributed by atoms with Crippen LogP contribution in [0.2, 0.25) is 0 Å². The number of rotatable bonds is 1. The Kier molecular flexibility index (Phi) is 2.22. The Morgan fingerprint density at radius 3 is 2.78 bits per heavy atom. The molecular formula is C12H10FN5. The van der Waals surface area contributed by atoms with E-state index in [9.17, 15) is 4.39 Å². The number of H-pyrrole nitrogens is 1. The van der Waals surface area contributed by atoms with Crippen molar-refractivity contribution in [2.45, 2.75) is 6.92 Å². The van der Waals surface area contributed by atoms with Gasteiger partial charge in [0.05, 0.1) is 0 Å². The molecular weight excluding hydrogens is 233 g/mol. The summed E-state index contributed by atoms with van der Waals surface area (Å²) >= 11 is 0. The summed E-state index contributed by atoms with van der Waals surface area (Å²) in [7, 11) is 0. The van der Waals surface area contributed by atoms with Crippen LogP contribution in [0, 0.1) is 12.7 Å². The minimum absolute atomic E-state index is 0.301. The van der Waals surface area contributed by atoms with Gasteiger partial charge < -0.3 is 10.7 Å². The monoisotopic (exact) mass is 243 g/mol. The topological polar surface area (TPSA) is 80.5 Å². The van der Waals surface area contributed by atoms with E-state index in [0.717, 1.165) is 5.56 Å². The van der Waals surface area contributed by atoms with E-state index in [1.807, 2.05) is 13.0 Å². The number of hydrogen-bond donors (Lipinski definition) is 2. The molecule has 3 rings (SSSR count). The van der Waals surface area contributed by atoms with E-state index >= 15 is 0 Å². The first-order valence-corrected chi connectivity index (χ1v) is 5.37. The van der Waals surface area contributed by atoms with E-state index in [2.05, 4.69) is 19.9 Å². The highest BCUT2D eigenvalue weighted by atomic mass is 19.1. The van der Waals surface area contributed by atoms with E-state index in [-0.39, 0.29) is 5.82 Å². The molecule has 0 amide bonds. The first-order chi connectivity index (χ1) is 8.63. The van der Waals surface area contributed by atoms with E-state index in [0.29, 0.717) is 28.4 Å². The smallest absolute Gasteiger partial charge is 0.183 e. The lowest BCUT2D eigenvalue weighted by atomic mass is 10.1. The molecule has 0 saturated heterocycles. The number of aryl methyl sites for hydroxylation is 1. The Balaban J connectivity index is 2.22. The summed E-state index contributed by atoms with van der Waals surface area (Å²) in [5.41, 5.74) is 8.23. The van der Waals surface area contributed by atoms with Crippen molar-refractivity contribution in [2.24, 2.45) is 0 Å². The summed E-state index contributed by atoms with van der Waals surface area (Å²) in [6, 6.07) is 4.71. The van der Waals surface area contributed by atoms with Crippen molar-refractivity contribution in [2.75, 3.05) is 5.73 Å². The lowest BCUT2D eigenvalue weighted by molar-refractivity contribution is 0.627. The number of aromatic amines is 1. The second kappa shape index (κ2) is 3.76. The molecule has 0 atom stereocenters. The molecule has 0 radical (unpaired) electrons. The van der Waals surface area contributed by atoms with Crippen molar-refractivity contribution < 1.29 is 4.39 Å². The van der Waals surface area contributed by atoms with Crippen LogP contribution in [-0.2, 0) is 0 Å². The van der Waals surface area contributed by atoms with Crippen molar-refractivity contribution in [3.63, 3.8) is 0 Å². The number of fused-ring (bicyclic) bond motifs is 1. The number of imidazole rings is 1. The zero-order chi connectivity index (χ0) is 12.7. The van der Waals surface area contributed by atoms with Crippen LogP contribution in [0.4, 0.5) is 10.2 Å². The van der Waals surface area contributed by atoms with E-state index < -0.39 is 0 Å². The third kappa shape index (κ3) is 1.67. The quantitative estimate of drug-likeness (QED) is 0.685. The molecule has 0 saturated carbocycles. The van der Waals surface area contributed by atoms with Gasteiger partial charge in [0.25, 0.3) is 0 Å². The van der Waals surface area contributed by atoms with Gasteiger partial charge in [0.15, 0.2) is 11.5 Å². The Morgan fingerprint density at radius 2 is 2.06 bits per heavy atom. The summed E-state index contributed by atoms with van der Waals surface area (Å²) in [5.74, 6) is 0.552. The average Bonchev–Trinajstić information content (AvgIpc) is 2.73. The van der Waals surface area contributed by atoms with Gasteiger partial charge in [0.1, 0.15) is 23.5 Å². The highest BCUT2D eigenvalue weighted by Gasteiger charge is 2.10. The van der Waals surface area contributed by atoms with Gasteiger partial charge in [-0.2, -0.15) is 0 Å². The first-order valence-electron chi connectivity index (χ1n) is 5.37. The summed E-state index contributed by atoms with van der Waals surface area (Å²) < 4.78 is 13.4. The van der Waals surface area contributed by atoms with Gasteiger partial charge in [-0.05, 0) is 30.7 Å². The number of halogens is 1. The Bertz CT molecular complexity index is 714. The molecule has 1 aromatic carbocycles. The van der Waals surface area contributed by atoms with Gasteiger partial charge in [-0.3, -0.25) is 0 Å². The molecule has 5 nitrogen and oxygen atoms in total. The molecule has 3 N–H and O–H groups in total. The van der Waals surface area contributed by atoms with Crippen LogP contribution in [0.15, 0.2) is 24.5 Å². The van der Waals surface area contributed by atoms with Gasteiger partial charge >= 0.3 is 0 Å². The second-order valence-electron chi connectivity index (χ2n) is 4.06. The lowest BCUT2D eigenvalue weighted by Gasteiger charge is -1.99. The minimum atomic E-state index is -0.301. The van der Waals surface area contributed by atoms with Crippen LogP contribution >= 0.6 is 0 Å². The number of benzene rings is 1. The molecule has 0 spiro atoms. The maximum Gasteiger partial charge on any atom is 0.183 e. The second-order valence-corrected chi connectivity index (χ2v) is 4.06. The number of nitrogen functional groups attached to an aromatic ring is 1. The minimum Gasteiger partial charge on any atom is -0.382 e. The standard InChI is InChI=1S/C12H10FN5/c1-6-2-7(4-8(13)3-6)11-17-9-10(14)15-5-16-12(9)18-11/h2-5H,1H3,(H3,14,15,16,17,18). The number of anilines is 1. The summed E-state index contributed by atoms with van der Waals surface area (Å²) in [4.78, 5) is 15.2. The molecule has 0 unspecified atom stereocenters. The van der Waals surface area contributed by atoms with Crippen molar-refractivity contribution in [3.8, 4) is 11.4 Å². The molecule has 18 heavy (non-hydrogen) atoms. The van der Waals surface area contributed by atoms with Gasteiger partial charge in [-0.25, -0.2) is 19.3 Å². The van der Waals surface area contributed by atoms with Gasteiger partial charge in [-0.15, -0.1) is 0 Å². The maximum absolute atomic E-state index is 13.4. The molecule has 0 aliphatic heterocycles. The predicted molar refractivity (Wildman–Crippen MR) is 66.2 cm³/mol. The molecule has 0 fully saturated rings. The number of aromatic nitrogens is 4. The summed E-state index contributed by atoms with van der Waals surface area (Å²) in [6.45, 7) is 1.82. The Hall–Kier alpha value is -2.50. The van der Waals surface area contributed by atoms with E-state index in [1.165, 1.54) is 18.5 Å². The number of hydrogen-bond acceptors (Lipinski definition) is 4. The van der Waals surface area contributed by atoms with Gasteiger partial charge in [0, 0.05) is 5.56 Å². The van der Waals surface area contributed by atoms with Crippen LogP contribution in [0.1, 0.15) is 5.56 Å². The zero-order valence-corrected chi connectivity index (χ0v) is 9.61. The zero-order valence-electron chi connectivity index (χ0n) is 9.61. The summed E-state index contributed by atoms with van der Waals surface area (Å²) in [6.07, 6.45) is 1.35. The highest BCUT2D eigenvalue weighted by molar-refractivity contribution is 5.84. The van der Waals surface area contributed by atoms with Gasteiger partial charge in [-0.1, -0.05) is 0 Å². The molecule has 0 aliphatic carbocycles. The molecule has 6 heteroatoms. The average molecular weight is 243 g/mol. The molecule has 0 aliphatic rings. The molecule has 2 aromatic heterocycles. The van der Waals surface area contributed by atoms with Gasteiger partial charge in [0.2, 0.25) is 0 Å². The number of nitrogens with two attached hydrogens (primary N) is 1. The third-order valence-corrected chi connectivity index (χ3v) is 2.63. The van der Waals surface area contributed by atoms with Crippen molar-refractivity contribution in [3.05, 3.63) is 35.9 Å². The third-order valence-electron chi connectivity index (χ3n) is 2.63. The molecule has 90 valence electrons. The Labute approximate surface area is 102 Å².